The molecule has 1 fully saturated rings. The predicted octanol–water partition coefficient (Wildman–Crippen LogP) is 4.23. The van der Waals surface area contributed by atoms with Crippen molar-refractivity contribution in [2.24, 2.45) is 0 Å². The molecule has 0 aliphatic carbocycles. The van der Waals surface area contributed by atoms with Crippen molar-refractivity contribution in [3.8, 4) is 0 Å². The van der Waals surface area contributed by atoms with Crippen LogP contribution >= 0.6 is 22.7 Å². The summed E-state index contributed by atoms with van der Waals surface area (Å²) in [6, 6.07) is 9.78. The van der Waals surface area contributed by atoms with Crippen LogP contribution in [0, 0.1) is 13.8 Å². The maximum Gasteiger partial charge on any atom is 0.350 e. The fraction of sp³-hybridized carbons (Fsp3) is 0.182. The number of nitrogens with zero attached hydrogens (tertiary/aromatic N) is 2. The zero-order chi connectivity index (χ0) is 22.3. The molecule has 31 heavy (non-hydrogen) atoms. The van der Waals surface area contributed by atoms with Crippen LogP contribution in [0.5, 0.6) is 0 Å². The molecule has 9 heteroatoms. The van der Waals surface area contributed by atoms with E-state index in [4.69, 9.17) is 4.74 Å². The van der Waals surface area contributed by atoms with Gasteiger partial charge in [0, 0.05) is 10.4 Å². The maximum atomic E-state index is 13.1. The SMILES string of the molecule is COC(=O)c1sc(N2C(=O)C(=O)/C(=C(/O)c3ccc(C)cc3)[C@H]2c2cccs2)nc1C. The van der Waals surface area contributed by atoms with Gasteiger partial charge in [0.05, 0.1) is 18.4 Å². The average Bonchev–Trinajstić information content (AvgIpc) is 3.47. The van der Waals surface area contributed by atoms with Gasteiger partial charge in [-0.3, -0.25) is 14.5 Å². The third-order valence-electron chi connectivity index (χ3n) is 4.94. The normalized spacial score (nSPS) is 17.9. The third-order valence-corrected chi connectivity index (χ3v) is 7.01. The highest BCUT2D eigenvalue weighted by Crippen LogP contribution is 2.45. The molecular weight excluding hydrogens is 436 g/mol. The Morgan fingerprint density at radius 2 is 1.87 bits per heavy atom. The number of Topliss-reactive ketones (excluding diaryl/α,β-unsaturated/α-hetero) is 1. The summed E-state index contributed by atoms with van der Waals surface area (Å²) in [5, 5.41) is 13.0. The number of hydrogen-bond donors (Lipinski definition) is 1. The topological polar surface area (TPSA) is 96.8 Å². The lowest BCUT2D eigenvalue weighted by molar-refractivity contribution is -0.132. The lowest BCUT2D eigenvalue weighted by Crippen LogP contribution is -2.29. The molecule has 1 aliphatic heterocycles. The number of esters is 1. The molecule has 0 spiro atoms. The predicted molar refractivity (Wildman–Crippen MR) is 118 cm³/mol. The molecule has 3 heterocycles. The van der Waals surface area contributed by atoms with Crippen LogP contribution < -0.4 is 4.90 Å². The van der Waals surface area contributed by atoms with Gasteiger partial charge in [0.15, 0.2) is 5.13 Å². The van der Waals surface area contributed by atoms with Crippen molar-refractivity contribution < 1.29 is 24.2 Å². The average molecular weight is 455 g/mol. The molecule has 0 unspecified atom stereocenters. The highest BCUT2D eigenvalue weighted by atomic mass is 32.1. The van der Waals surface area contributed by atoms with E-state index in [0.717, 1.165) is 16.9 Å². The lowest BCUT2D eigenvalue weighted by Gasteiger charge is -2.21. The fourth-order valence-electron chi connectivity index (χ4n) is 3.38. The number of benzene rings is 1. The molecule has 0 bridgehead atoms. The number of anilines is 1. The fourth-order valence-corrected chi connectivity index (χ4v) is 5.22. The number of amides is 1. The van der Waals surface area contributed by atoms with Crippen molar-refractivity contribution in [2.45, 2.75) is 19.9 Å². The largest absolute Gasteiger partial charge is 0.507 e. The second-order valence-corrected chi connectivity index (χ2v) is 8.91. The molecule has 4 rings (SSSR count). The molecule has 1 aliphatic rings. The van der Waals surface area contributed by atoms with E-state index in [1.807, 2.05) is 24.4 Å². The highest BCUT2D eigenvalue weighted by molar-refractivity contribution is 7.18. The molecular formula is C22H18N2O5S2. The van der Waals surface area contributed by atoms with E-state index in [0.29, 0.717) is 16.1 Å². The van der Waals surface area contributed by atoms with E-state index >= 15 is 0 Å². The number of thiazole rings is 1. The lowest BCUT2D eigenvalue weighted by atomic mass is 9.99. The Hall–Kier alpha value is -3.30. The van der Waals surface area contributed by atoms with Gasteiger partial charge in [-0.1, -0.05) is 47.2 Å². The molecule has 1 N–H and O–H groups in total. The Kier molecular flexibility index (Phi) is 5.47. The number of rotatable bonds is 4. The zero-order valence-electron chi connectivity index (χ0n) is 16.9. The summed E-state index contributed by atoms with van der Waals surface area (Å²) in [6.07, 6.45) is 0. The summed E-state index contributed by atoms with van der Waals surface area (Å²) in [7, 11) is 1.26. The maximum absolute atomic E-state index is 13.1. The molecule has 0 saturated carbocycles. The Labute approximate surface area is 186 Å². The first-order valence-corrected chi connectivity index (χ1v) is 11.0. The van der Waals surface area contributed by atoms with Crippen LogP contribution in [0.3, 0.4) is 0 Å². The van der Waals surface area contributed by atoms with Crippen LogP contribution in [0.1, 0.15) is 37.4 Å². The van der Waals surface area contributed by atoms with Crippen LogP contribution in [0.15, 0.2) is 47.4 Å². The van der Waals surface area contributed by atoms with E-state index in [2.05, 4.69) is 4.98 Å². The van der Waals surface area contributed by atoms with Crippen molar-refractivity contribution in [2.75, 3.05) is 12.0 Å². The molecule has 1 saturated heterocycles. The van der Waals surface area contributed by atoms with E-state index < -0.39 is 23.7 Å². The van der Waals surface area contributed by atoms with E-state index in [-0.39, 0.29) is 21.3 Å². The van der Waals surface area contributed by atoms with Crippen LogP contribution in [0.4, 0.5) is 5.13 Å². The van der Waals surface area contributed by atoms with Gasteiger partial charge < -0.3 is 9.84 Å². The van der Waals surface area contributed by atoms with Crippen molar-refractivity contribution in [3.05, 3.63) is 73.9 Å². The van der Waals surface area contributed by atoms with Gasteiger partial charge in [-0.15, -0.1) is 11.3 Å². The Morgan fingerprint density at radius 1 is 1.16 bits per heavy atom. The molecule has 2 aromatic heterocycles. The number of carbonyl (C=O) groups is 3. The minimum absolute atomic E-state index is 0.0104. The Morgan fingerprint density at radius 3 is 2.48 bits per heavy atom. The van der Waals surface area contributed by atoms with Gasteiger partial charge in [-0.25, -0.2) is 9.78 Å². The Balaban J connectivity index is 1.90. The quantitative estimate of drug-likeness (QED) is 0.274. The van der Waals surface area contributed by atoms with Crippen LogP contribution in [-0.2, 0) is 14.3 Å². The molecule has 7 nitrogen and oxygen atoms in total. The first-order valence-electron chi connectivity index (χ1n) is 9.30. The summed E-state index contributed by atoms with van der Waals surface area (Å²) < 4.78 is 4.78. The van der Waals surface area contributed by atoms with E-state index in [1.165, 1.54) is 23.3 Å². The molecule has 1 amide bonds. The minimum Gasteiger partial charge on any atom is -0.507 e. The van der Waals surface area contributed by atoms with Crippen LogP contribution in [0.2, 0.25) is 0 Å². The summed E-state index contributed by atoms with van der Waals surface area (Å²) in [4.78, 5) is 44.7. The van der Waals surface area contributed by atoms with Gasteiger partial charge in [0.2, 0.25) is 0 Å². The monoisotopic (exact) mass is 454 g/mol. The number of carbonyl (C=O) groups excluding carboxylic acids is 3. The molecule has 3 aromatic rings. The van der Waals surface area contributed by atoms with Crippen molar-refractivity contribution >= 4 is 51.2 Å². The first kappa shape index (κ1) is 21.0. The van der Waals surface area contributed by atoms with E-state index in [1.54, 1.807) is 31.2 Å². The number of thiophene rings is 1. The minimum atomic E-state index is -0.850. The zero-order valence-corrected chi connectivity index (χ0v) is 18.5. The second kappa shape index (κ2) is 8.09. The van der Waals surface area contributed by atoms with Gasteiger partial charge >= 0.3 is 11.9 Å². The van der Waals surface area contributed by atoms with E-state index in [9.17, 15) is 19.5 Å². The van der Waals surface area contributed by atoms with Gasteiger partial charge in [-0.05, 0) is 25.3 Å². The van der Waals surface area contributed by atoms with Crippen LogP contribution in [-0.4, -0.2) is 34.9 Å². The third kappa shape index (κ3) is 3.55. The van der Waals surface area contributed by atoms with Crippen molar-refractivity contribution in [3.63, 3.8) is 0 Å². The molecule has 1 aromatic carbocycles. The van der Waals surface area contributed by atoms with Gasteiger partial charge in [0.1, 0.15) is 16.7 Å². The second-order valence-electron chi connectivity index (χ2n) is 6.95. The number of aliphatic hydroxyl groups excluding tert-OH is 1. The number of hydrogen-bond acceptors (Lipinski definition) is 8. The molecule has 158 valence electrons. The first-order chi connectivity index (χ1) is 14.8. The molecule has 1 atom stereocenters. The van der Waals surface area contributed by atoms with Crippen LogP contribution in [0.25, 0.3) is 5.76 Å². The number of ether oxygens (including phenoxy) is 1. The number of aliphatic hydroxyl groups is 1. The number of aromatic nitrogens is 1. The Bertz CT molecular complexity index is 1210. The summed E-state index contributed by atoms with van der Waals surface area (Å²) in [5.74, 6) is -2.42. The smallest absolute Gasteiger partial charge is 0.350 e. The van der Waals surface area contributed by atoms with Gasteiger partial charge in [-0.2, -0.15) is 0 Å². The number of methoxy groups -OCH3 is 1. The van der Waals surface area contributed by atoms with Crippen molar-refractivity contribution in [1.82, 2.24) is 4.98 Å². The molecule has 0 radical (unpaired) electrons. The van der Waals surface area contributed by atoms with Gasteiger partial charge in [0.25, 0.3) is 5.78 Å². The highest BCUT2D eigenvalue weighted by Gasteiger charge is 2.48. The standard InChI is InChI=1S/C22H18N2O5S2/c1-11-6-8-13(9-7-11)17(25)15-16(14-5-4-10-30-14)24(20(27)18(15)26)22-23-12(2)19(31-22)21(28)29-3/h4-10,16,25H,1-3H3/b17-15+/t16-/m1/s1. The summed E-state index contributed by atoms with van der Waals surface area (Å²) in [6.45, 7) is 3.55. The summed E-state index contributed by atoms with van der Waals surface area (Å²) in [5.41, 5.74) is 1.83. The number of ketones is 1. The number of aryl methyl sites for hydroxylation is 2. The van der Waals surface area contributed by atoms with Crippen molar-refractivity contribution in [1.29, 1.82) is 0 Å². The summed E-state index contributed by atoms with van der Waals surface area (Å²) >= 11 is 2.33.